The molecule has 3 heterocycles. The molecule has 3 aromatic rings. The normalized spacial score (nSPS) is 15.2. The van der Waals surface area contributed by atoms with Crippen molar-refractivity contribution in [3.05, 3.63) is 47.2 Å². The van der Waals surface area contributed by atoms with Gasteiger partial charge in [0.05, 0.1) is 6.61 Å². The zero-order valence-electron chi connectivity index (χ0n) is 22.2. The highest BCUT2D eigenvalue weighted by molar-refractivity contribution is 6.76. The highest BCUT2D eigenvalue weighted by atomic mass is 28.3. The third-order valence-electron chi connectivity index (χ3n) is 6.65. The lowest BCUT2D eigenvalue weighted by Gasteiger charge is -2.30. The Balaban J connectivity index is 1.61. The van der Waals surface area contributed by atoms with E-state index in [0.29, 0.717) is 42.4 Å². The van der Waals surface area contributed by atoms with E-state index in [9.17, 15) is 5.11 Å². The summed E-state index contributed by atoms with van der Waals surface area (Å²) in [5, 5.41) is 11.4. The molecule has 1 aliphatic rings. The van der Waals surface area contributed by atoms with Gasteiger partial charge >= 0.3 is 6.01 Å². The number of nitrogens with two attached hydrogens (primary N) is 1. The van der Waals surface area contributed by atoms with Gasteiger partial charge < -0.3 is 24.9 Å². The molecule has 0 radical (unpaired) electrons. The molecule has 3 N–H and O–H groups in total. The number of hydrogen-bond acceptors (Lipinski definition) is 7. The minimum atomic E-state index is -1.20. The minimum Gasteiger partial charge on any atom is -0.463 e. The number of aliphatic hydroxyl groups excluding tert-OH is 1. The van der Waals surface area contributed by atoms with Crippen molar-refractivity contribution < 1.29 is 14.6 Å². The number of fused-ring (bicyclic) bond motifs is 1. The predicted molar refractivity (Wildman–Crippen MR) is 147 cm³/mol. The molecule has 0 spiro atoms. The van der Waals surface area contributed by atoms with E-state index < -0.39 is 14.2 Å². The average molecular weight is 512 g/mol. The number of ether oxygens (including phenoxy) is 2. The van der Waals surface area contributed by atoms with Crippen molar-refractivity contribution >= 4 is 24.9 Å². The Hall–Kier alpha value is -2.46. The number of likely N-dealkylation sites (tertiary alicyclic amines) is 1. The van der Waals surface area contributed by atoms with Crippen LogP contribution in [0.4, 0.5) is 5.82 Å². The first kappa shape index (κ1) is 26.6. The van der Waals surface area contributed by atoms with Gasteiger partial charge in [0.2, 0.25) is 0 Å². The number of aliphatic hydroxyl groups is 1. The fourth-order valence-corrected chi connectivity index (χ4v) is 4.98. The maximum absolute atomic E-state index is 11.4. The Labute approximate surface area is 215 Å². The first-order valence-electron chi connectivity index (χ1n) is 13.1. The third kappa shape index (κ3) is 6.64. The maximum atomic E-state index is 11.4. The summed E-state index contributed by atoms with van der Waals surface area (Å²) in [7, 11) is -1.20. The van der Waals surface area contributed by atoms with Gasteiger partial charge in [0.1, 0.15) is 23.9 Å². The van der Waals surface area contributed by atoms with Gasteiger partial charge in [-0.3, -0.25) is 4.90 Å². The monoisotopic (exact) mass is 511 g/mol. The van der Waals surface area contributed by atoms with E-state index in [1.54, 1.807) is 0 Å². The van der Waals surface area contributed by atoms with E-state index in [2.05, 4.69) is 53.6 Å². The van der Waals surface area contributed by atoms with Crippen LogP contribution in [-0.4, -0.2) is 58.9 Å². The van der Waals surface area contributed by atoms with Gasteiger partial charge in [0, 0.05) is 33.0 Å². The van der Waals surface area contributed by atoms with Crippen molar-refractivity contribution in [2.24, 2.45) is 0 Å². The molecule has 4 rings (SSSR count). The zero-order chi connectivity index (χ0) is 25.7. The smallest absolute Gasteiger partial charge is 0.319 e. The lowest BCUT2D eigenvalue weighted by molar-refractivity contribution is 0.0899. The van der Waals surface area contributed by atoms with Crippen LogP contribution in [0.1, 0.15) is 49.0 Å². The fourth-order valence-electron chi connectivity index (χ4n) is 4.23. The molecule has 1 aliphatic heterocycles. The first-order chi connectivity index (χ1) is 17.2. The van der Waals surface area contributed by atoms with Crippen LogP contribution in [0.5, 0.6) is 6.01 Å². The van der Waals surface area contributed by atoms with Gasteiger partial charge in [0.25, 0.3) is 0 Å². The highest BCUT2D eigenvalue weighted by Crippen LogP contribution is 2.33. The number of unbranched alkanes of at least 4 members (excludes halogenated alkanes) is 1. The molecule has 8 nitrogen and oxygen atoms in total. The predicted octanol–water partition coefficient (Wildman–Crippen LogP) is 4.79. The van der Waals surface area contributed by atoms with Crippen LogP contribution >= 0.6 is 0 Å². The molecule has 1 atom stereocenters. The summed E-state index contributed by atoms with van der Waals surface area (Å²) in [4.78, 5) is 11.5. The van der Waals surface area contributed by atoms with Gasteiger partial charge in [-0.15, -0.1) is 0 Å². The average Bonchev–Trinajstić information content (AvgIpc) is 3.18. The van der Waals surface area contributed by atoms with Gasteiger partial charge in [-0.2, -0.15) is 9.97 Å². The summed E-state index contributed by atoms with van der Waals surface area (Å²) in [6, 6.07) is 9.50. The van der Waals surface area contributed by atoms with Gasteiger partial charge in [-0.05, 0) is 43.1 Å². The maximum Gasteiger partial charge on any atom is 0.319 e. The lowest BCUT2D eigenvalue weighted by Crippen LogP contribution is -2.36. The van der Waals surface area contributed by atoms with Crippen molar-refractivity contribution in [3.63, 3.8) is 0 Å². The molecule has 1 saturated heterocycles. The summed E-state index contributed by atoms with van der Waals surface area (Å²) in [6.07, 6.45) is 4.23. The van der Waals surface area contributed by atoms with Gasteiger partial charge in [-0.25, -0.2) is 0 Å². The molecule has 0 aliphatic carbocycles. The molecule has 1 fully saturated rings. The Morgan fingerprint density at radius 3 is 2.50 bits per heavy atom. The van der Waals surface area contributed by atoms with Crippen LogP contribution in [0, 0.1) is 0 Å². The van der Waals surface area contributed by atoms with Crippen molar-refractivity contribution in [3.8, 4) is 6.01 Å². The molecule has 1 aromatic carbocycles. The number of hydrogen-bond donors (Lipinski definition) is 2. The van der Waals surface area contributed by atoms with Crippen LogP contribution in [0.25, 0.3) is 11.0 Å². The molecule has 0 saturated carbocycles. The van der Waals surface area contributed by atoms with Gasteiger partial charge in [-0.1, -0.05) is 57.3 Å². The Morgan fingerprint density at radius 1 is 1.11 bits per heavy atom. The van der Waals surface area contributed by atoms with E-state index in [1.165, 1.54) is 12.0 Å². The standard InChI is InChI=1S/C27H41N5O3Si/c1-5-6-14-35-27-29-23-22(25(33)21-10-8-20(9-11-21)17-31-12-7-13-31)18-32(24(23)26(28)30-27)19-34-15-16-36(2,3)4/h8-11,18,25,33H,5-7,12-17,19H2,1-4H3,(H2,28,29,30). The van der Waals surface area contributed by atoms with Crippen LogP contribution in [-0.2, 0) is 18.0 Å². The molecule has 1 unspecified atom stereocenters. The number of aromatic nitrogens is 3. The summed E-state index contributed by atoms with van der Waals surface area (Å²) < 4.78 is 13.7. The van der Waals surface area contributed by atoms with E-state index in [1.807, 2.05) is 22.9 Å². The van der Waals surface area contributed by atoms with Gasteiger partial charge in [0.15, 0.2) is 5.82 Å². The summed E-state index contributed by atoms with van der Waals surface area (Å²) in [6.45, 7) is 13.9. The van der Waals surface area contributed by atoms with Crippen LogP contribution in [0.15, 0.2) is 30.5 Å². The summed E-state index contributed by atoms with van der Waals surface area (Å²) in [5.74, 6) is 0.323. The number of anilines is 1. The second-order valence-electron chi connectivity index (χ2n) is 11.0. The Bertz CT molecular complexity index is 1140. The first-order valence-corrected chi connectivity index (χ1v) is 16.8. The number of nitrogens with zero attached hydrogens (tertiary/aromatic N) is 4. The van der Waals surface area contributed by atoms with Crippen molar-refractivity contribution in [2.45, 2.75) is 71.3 Å². The largest absolute Gasteiger partial charge is 0.463 e. The molecular formula is C27H41N5O3Si. The summed E-state index contributed by atoms with van der Waals surface area (Å²) in [5.41, 5.74) is 10.4. The van der Waals surface area contributed by atoms with E-state index in [0.717, 1.165) is 44.1 Å². The molecular weight excluding hydrogens is 470 g/mol. The molecule has 9 heteroatoms. The molecule has 36 heavy (non-hydrogen) atoms. The van der Waals surface area contributed by atoms with E-state index >= 15 is 0 Å². The van der Waals surface area contributed by atoms with E-state index in [-0.39, 0.29) is 6.01 Å². The quantitative estimate of drug-likeness (QED) is 0.251. The van der Waals surface area contributed by atoms with Crippen LogP contribution in [0.2, 0.25) is 25.7 Å². The number of nitrogen functional groups attached to an aromatic ring is 1. The van der Waals surface area contributed by atoms with Crippen molar-refractivity contribution in [1.29, 1.82) is 0 Å². The number of benzene rings is 1. The Kier molecular flexibility index (Phi) is 8.66. The second kappa shape index (κ2) is 11.7. The molecule has 2 aromatic heterocycles. The van der Waals surface area contributed by atoms with E-state index in [4.69, 9.17) is 15.2 Å². The topological polar surface area (TPSA) is 98.7 Å². The Morgan fingerprint density at radius 2 is 1.86 bits per heavy atom. The second-order valence-corrected chi connectivity index (χ2v) is 16.6. The minimum absolute atomic E-state index is 0.240. The lowest BCUT2D eigenvalue weighted by atomic mass is 10.0. The van der Waals surface area contributed by atoms with Crippen molar-refractivity contribution in [2.75, 3.05) is 32.0 Å². The SMILES string of the molecule is CCCCOc1nc(N)c2c(n1)c(C(O)c1ccc(CN3CCC3)cc1)cn2COCC[Si](C)(C)C. The molecule has 196 valence electrons. The zero-order valence-corrected chi connectivity index (χ0v) is 23.2. The third-order valence-corrected chi connectivity index (χ3v) is 8.35. The van der Waals surface area contributed by atoms with Crippen molar-refractivity contribution in [1.82, 2.24) is 19.4 Å². The number of rotatable bonds is 13. The molecule has 0 amide bonds. The molecule has 0 bridgehead atoms. The van der Waals surface area contributed by atoms with Crippen LogP contribution < -0.4 is 10.5 Å². The highest BCUT2D eigenvalue weighted by Gasteiger charge is 2.23. The summed E-state index contributed by atoms with van der Waals surface area (Å²) >= 11 is 0. The fraction of sp³-hybridized carbons (Fsp3) is 0.556. The van der Waals surface area contributed by atoms with Crippen LogP contribution in [0.3, 0.4) is 0 Å².